The Hall–Kier alpha value is -1.35. The molecule has 1 atom stereocenters. The Morgan fingerprint density at radius 3 is 2.72 bits per heavy atom. The molecule has 96 valence electrons. The molecule has 0 saturated heterocycles. The number of rotatable bonds is 2. The van der Waals surface area contributed by atoms with Gasteiger partial charge in [-0.05, 0) is 49.3 Å². The summed E-state index contributed by atoms with van der Waals surface area (Å²) >= 11 is 0. The highest BCUT2D eigenvalue weighted by molar-refractivity contribution is 5.85. The van der Waals surface area contributed by atoms with Crippen molar-refractivity contribution in [2.24, 2.45) is 0 Å². The summed E-state index contributed by atoms with van der Waals surface area (Å²) in [6, 6.07) is 2.05. The quantitative estimate of drug-likeness (QED) is 0.812. The third-order valence-corrected chi connectivity index (χ3v) is 4.17. The lowest BCUT2D eigenvalue weighted by molar-refractivity contribution is 0.111. The van der Waals surface area contributed by atoms with E-state index in [0.29, 0.717) is 0 Å². The Labute approximate surface area is 107 Å². The number of aliphatic hydroxyl groups is 1. The average molecular weight is 245 g/mol. The van der Waals surface area contributed by atoms with Crippen molar-refractivity contribution in [1.29, 1.82) is 0 Å². The number of anilines is 1. The van der Waals surface area contributed by atoms with Crippen LogP contribution in [0.2, 0.25) is 0 Å². The predicted molar refractivity (Wildman–Crippen MR) is 71.3 cm³/mol. The largest absolute Gasteiger partial charge is 0.389 e. The molecule has 3 rings (SSSR count). The Morgan fingerprint density at radius 2 is 2.06 bits per heavy atom. The maximum absolute atomic E-state index is 11.4. The molecule has 0 fully saturated rings. The van der Waals surface area contributed by atoms with Crippen LogP contribution in [0, 0.1) is 0 Å². The number of nitrogens with zero attached hydrogens (tertiary/aromatic N) is 1. The van der Waals surface area contributed by atoms with Crippen LogP contribution >= 0.6 is 0 Å². The van der Waals surface area contributed by atoms with Gasteiger partial charge in [0.25, 0.3) is 0 Å². The summed E-state index contributed by atoms with van der Waals surface area (Å²) in [5.74, 6) is 0. The van der Waals surface area contributed by atoms with E-state index in [2.05, 4.69) is 4.90 Å². The Kier molecular flexibility index (Phi) is 2.86. The molecule has 1 aromatic rings. The fourth-order valence-corrected chi connectivity index (χ4v) is 3.39. The molecule has 0 radical (unpaired) electrons. The maximum Gasteiger partial charge on any atom is 0.150 e. The van der Waals surface area contributed by atoms with E-state index in [1.807, 2.05) is 6.07 Å². The number of benzene rings is 1. The molecule has 18 heavy (non-hydrogen) atoms. The molecule has 0 saturated carbocycles. The zero-order chi connectivity index (χ0) is 12.7. The third-order valence-electron chi connectivity index (χ3n) is 4.17. The fraction of sp³-hybridized carbons (Fsp3) is 0.533. The molecule has 3 nitrogen and oxygen atoms in total. The summed E-state index contributed by atoms with van der Waals surface area (Å²) in [4.78, 5) is 13.8. The van der Waals surface area contributed by atoms with Crippen molar-refractivity contribution in [3.05, 3.63) is 28.3 Å². The van der Waals surface area contributed by atoms with Gasteiger partial charge in [0.2, 0.25) is 0 Å². The predicted octanol–water partition coefficient (Wildman–Crippen LogP) is 2.25. The number of carbonyl (C=O) groups is 1. The van der Waals surface area contributed by atoms with E-state index in [1.54, 1.807) is 6.92 Å². The molecule has 0 bridgehead atoms. The number of aryl methyl sites for hydroxylation is 1. The average Bonchev–Trinajstić information content (AvgIpc) is 2.39. The highest BCUT2D eigenvalue weighted by atomic mass is 16.3. The van der Waals surface area contributed by atoms with Crippen molar-refractivity contribution in [3.8, 4) is 0 Å². The fourth-order valence-electron chi connectivity index (χ4n) is 3.39. The van der Waals surface area contributed by atoms with Crippen LogP contribution in [0.1, 0.15) is 52.9 Å². The van der Waals surface area contributed by atoms with Crippen molar-refractivity contribution < 1.29 is 9.90 Å². The number of aldehydes is 1. The minimum atomic E-state index is -0.566. The number of hydrogen-bond donors (Lipinski definition) is 1. The monoisotopic (exact) mass is 245 g/mol. The molecule has 0 spiro atoms. The summed E-state index contributed by atoms with van der Waals surface area (Å²) < 4.78 is 0. The van der Waals surface area contributed by atoms with Crippen LogP contribution in [0.15, 0.2) is 6.07 Å². The van der Waals surface area contributed by atoms with E-state index in [1.165, 1.54) is 23.2 Å². The molecule has 2 aliphatic heterocycles. The lowest BCUT2D eigenvalue weighted by Gasteiger charge is -2.38. The Balaban J connectivity index is 2.26. The van der Waals surface area contributed by atoms with Crippen molar-refractivity contribution in [2.45, 2.75) is 38.7 Å². The van der Waals surface area contributed by atoms with Crippen LogP contribution in [0.4, 0.5) is 5.69 Å². The summed E-state index contributed by atoms with van der Waals surface area (Å²) in [5.41, 5.74) is 5.32. The van der Waals surface area contributed by atoms with Crippen molar-refractivity contribution >= 4 is 12.0 Å². The first-order chi connectivity index (χ1) is 8.72. The molecule has 1 unspecified atom stereocenters. The van der Waals surface area contributed by atoms with Gasteiger partial charge in [-0.1, -0.05) is 6.07 Å². The molecular weight excluding hydrogens is 226 g/mol. The van der Waals surface area contributed by atoms with Gasteiger partial charge < -0.3 is 10.0 Å². The summed E-state index contributed by atoms with van der Waals surface area (Å²) in [6.07, 6.45) is 4.67. The highest BCUT2D eigenvalue weighted by Crippen LogP contribution is 2.39. The summed E-state index contributed by atoms with van der Waals surface area (Å²) in [7, 11) is 0. The minimum Gasteiger partial charge on any atom is -0.389 e. The number of aliphatic hydroxyl groups excluding tert-OH is 1. The second-order valence-electron chi connectivity index (χ2n) is 5.35. The zero-order valence-electron chi connectivity index (χ0n) is 10.8. The Bertz CT molecular complexity index is 492. The van der Waals surface area contributed by atoms with E-state index >= 15 is 0 Å². The smallest absolute Gasteiger partial charge is 0.150 e. The normalized spacial score (nSPS) is 19.3. The second-order valence-corrected chi connectivity index (χ2v) is 5.35. The van der Waals surface area contributed by atoms with Crippen molar-refractivity contribution in [1.82, 2.24) is 0 Å². The molecule has 3 heteroatoms. The first kappa shape index (κ1) is 11.7. The van der Waals surface area contributed by atoms with Gasteiger partial charge in [-0.3, -0.25) is 4.79 Å². The van der Waals surface area contributed by atoms with Crippen LogP contribution in [0.3, 0.4) is 0 Å². The first-order valence-corrected chi connectivity index (χ1v) is 6.79. The zero-order valence-corrected chi connectivity index (χ0v) is 10.8. The van der Waals surface area contributed by atoms with E-state index in [9.17, 15) is 9.90 Å². The Morgan fingerprint density at radius 1 is 1.33 bits per heavy atom. The van der Waals surface area contributed by atoms with Gasteiger partial charge in [0.15, 0.2) is 6.29 Å². The molecule has 0 aliphatic carbocycles. The molecule has 1 N–H and O–H groups in total. The van der Waals surface area contributed by atoms with Crippen LogP contribution in [-0.2, 0) is 12.8 Å². The molecular formula is C15H19NO2. The van der Waals surface area contributed by atoms with Crippen LogP contribution in [0.25, 0.3) is 0 Å². The third kappa shape index (κ3) is 1.65. The standard InChI is InChI=1S/C15H19NO2/c1-10(18)13-8-11-4-2-6-16-7-3-5-12(15(11)16)14(13)9-17/h8-10,18H,2-7H2,1H3. The lowest BCUT2D eigenvalue weighted by atomic mass is 9.85. The topological polar surface area (TPSA) is 40.5 Å². The molecule has 0 amide bonds. The van der Waals surface area contributed by atoms with Gasteiger partial charge in [-0.2, -0.15) is 0 Å². The molecule has 2 aliphatic rings. The van der Waals surface area contributed by atoms with Crippen molar-refractivity contribution in [2.75, 3.05) is 18.0 Å². The number of carbonyl (C=O) groups excluding carboxylic acids is 1. The van der Waals surface area contributed by atoms with Gasteiger partial charge >= 0.3 is 0 Å². The molecule has 0 aromatic heterocycles. The lowest BCUT2D eigenvalue weighted by Crippen LogP contribution is -2.35. The van der Waals surface area contributed by atoms with Crippen molar-refractivity contribution in [3.63, 3.8) is 0 Å². The van der Waals surface area contributed by atoms with E-state index in [0.717, 1.165) is 49.8 Å². The molecule has 2 heterocycles. The van der Waals surface area contributed by atoms with Crippen LogP contribution in [0.5, 0.6) is 0 Å². The maximum atomic E-state index is 11.4. The second kappa shape index (κ2) is 4.39. The highest BCUT2D eigenvalue weighted by Gasteiger charge is 2.28. The first-order valence-electron chi connectivity index (χ1n) is 6.79. The van der Waals surface area contributed by atoms with Gasteiger partial charge in [0, 0.05) is 24.3 Å². The minimum absolute atomic E-state index is 0.566. The van der Waals surface area contributed by atoms with Gasteiger partial charge in [0.1, 0.15) is 0 Å². The van der Waals surface area contributed by atoms with Crippen LogP contribution < -0.4 is 4.90 Å². The summed E-state index contributed by atoms with van der Waals surface area (Å²) in [6.45, 7) is 3.95. The van der Waals surface area contributed by atoms with Gasteiger partial charge in [-0.25, -0.2) is 0 Å². The van der Waals surface area contributed by atoms with Gasteiger partial charge in [0.05, 0.1) is 6.10 Å². The molecule has 1 aromatic carbocycles. The summed E-state index contributed by atoms with van der Waals surface area (Å²) in [5, 5.41) is 9.87. The van der Waals surface area contributed by atoms with E-state index in [4.69, 9.17) is 0 Å². The number of hydrogen-bond acceptors (Lipinski definition) is 3. The van der Waals surface area contributed by atoms with E-state index < -0.39 is 6.10 Å². The van der Waals surface area contributed by atoms with E-state index in [-0.39, 0.29) is 0 Å². The SMILES string of the molecule is CC(O)c1cc2c3c(c1C=O)CCCN3CCC2. The van der Waals surface area contributed by atoms with Crippen LogP contribution in [-0.4, -0.2) is 24.5 Å². The van der Waals surface area contributed by atoms with Gasteiger partial charge in [-0.15, -0.1) is 0 Å².